The summed E-state index contributed by atoms with van der Waals surface area (Å²) in [6.07, 6.45) is 0. The van der Waals surface area contributed by atoms with Gasteiger partial charge in [0.1, 0.15) is 0 Å². The van der Waals surface area contributed by atoms with Crippen molar-refractivity contribution >= 4 is 11.6 Å². The minimum atomic E-state index is -0.428. The lowest BCUT2D eigenvalue weighted by Gasteiger charge is -2.01. The van der Waals surface area contributed by atoms with Crippen LogP contribution in [0.4, 0.5) is 11.6 Å². The molecular formula is C15H12N4O3. The number of hydrogen-bond donors (Lipinski definition) is 1. The van der Waals surface area contributed by atoms with Crippen molar-refractivity contribution < 1.29 is 9.45 Å². The highest BCUT2D eigenvalue weighted by Gasteiger charge is 2.08. The SMILES string of the molecule is O=[N+]([O-])c1ccc(CNc2noc(-c3ccccc3)n2)cc1. The number of aromatic nitrogens is 2. The first kappa shape index (κ1) is 13.7. The standard InChI is InChI=1S/C15H12N4O3/c20-19(21)13-8-6-11(7-9-13)10-16-15-17-14(22-18-15)12-4-2-1-3-5-12/h1-9H,10H2,(H,16,18). The van der Waals surface area contributed by atoms with E-state index in [0.717, 1.165) is 11.1 Å². The molecule has 0 saturated carbocycles. The Labute approximate surface area is 125 Å². The summed E-state index contributed by atoms with van der Waals surface area (Å²) in [6.45, 7) is 0.450. The van der Waals surface area contributed by atoms with Gasteiger partial charge in [-0.05, 0) is 22.9 Å². The maximum absolute atomic E-state index is 10.6. The van der Waals surface area contributed by atoms with Gasteiger partial charge in [-0.2, -0.15) is 4.98 Å². The largest absolute Gasteiger partial charge is 0.347 e. The number of nitro benzene ring substituents is 1. The Bertz CT molecular complexity index is 769. The first-order chi connectivity index (χ1) is 10.7. The van der Waals surface area contributed by atoms with Crippen molar-refractivity contribution in [2.24, 2.45) is 0 Å². The molecule has 7 nitrogen and oxygen atoms in total. The third-order valence-electron chi connectivity index (χ3n) is 3.04. The summed E-state index contributed by atoms with van der Waals surface area (Å²) >= 11 is 0. The highest BCUT2D eigenvalue weighted by Crippen LogP contribution is 2.18. The van der Waals surface area contributed by atoms with Crippen LogP contribution >= 0.6 is 0 Å². The molecule has 110 valence electrons. The molecule has 1 aromatic heterocycles. The molecule has 3 aromatic rings. The van der Waals surface area contributed by atoms with Crippen molar-refractivity contribution in [1.82, 2.24) is 10.1 Å². The molecule has 0 bridgehead atoms. The lowest BCUT2D eigenvalue weighted by atomic mass is 10.2. The molecule has 22 heavy (non-hydrogen) atoms. The molecule has 1 N–H and O–H groups in total. The van der Waals surface area contributed by atoms with Crippen LogP contribution in [-0.2, 0) is 6.54 Å². The minimum Gasteiger partial charge on any atom is -0.347 e. The van der Waals surface area contributed by atoms with Crippen LogP contribution < -0.4 is 5.32 Å². The Morgan fingerprint density at radius 1 is 1.09 bits per heavy atom. The summed E-state index contributed by atoms with van der Waals surface area (Å²) in [5.41, 5.74) is 1.80. The molecule has 2 aromatic carbocycles. The molecule has 3 rings (SSSR count). The average molecular weight is 296 g/mol. The van der Waals surface area contributed by atoms with Crippen LogP contribution in [0.1, 0.15) is 5.56 Å². The van der Waals surface area contributed by atoms with Gasteiger partial charge in [0.15, 0.2) is 0 Å². The van der Waals surface area contributed by atoms with Crippen molar-refractivity contribution in [3.05, 3.63) is 70.3 Å². The first-order valence-corrected chi connectivity index (χ1v) is 6.59. The van der Waals surface area contributed by atoms with Gasteiger partial charge in [-0.1, -0.05) is 30.3 Å². The van der Waals surface area contributed by atoms with Crippen molar-refractivity contribution in [2.75, 3.05) is 5.32 Å². The Kier molecular flexibility index (Phi) is 3.78. The minimum absolute atomic E-state index is 0.0645. The van der Waals surface area contributed by atoms with Gasteiger partial charge in [-0.3, -0.25) is 10.1 Å². The molecule has 0 atom stereocenters. The fraction of sp³-hybridized carbons (Fsp3) is 0.0667. The monoisotopic (exact) mass is 296 g/mol. The van der Waals surface area contributed by atoms with Gasteiger partial charge < -0.3 is 9.84 Å². The normalized spacial score (nSPS) is 10.4. The Balaban J connectivity index is 1.65. The van der Waals surface area contributed by atoms with E-state index in [2.05, 4.69) is 15.5 Å². The van der Waals surface area contributed by atoms with E-state index in [4.69, 9.17) is 4.52 Å². The predicted octanol–water partition coefficient (Wildman–Crippen LogP) is 3.26. The second-order valence-electron chi connectivity index (χ2n) is 4.57. The fourth-order valence-electron chi connectivity index (χ4n) is 1.91. The smallest absolute Gasteiger partial charge is 0.269 e. The zero-order valence-electron chi connectivity index (χ0n) is 11.5. The number of anilines is 1. The zero-order valence-corrected chi connectivity index (χ0v) is 11.5. The summed E-state index contributed by atoms with van der Waals surface area (Å²) in [5, 5.41) is 17.4. The molecule has 0 fully saturated rings. The second kappa shape index (κ2) is 6.04. The van der Waals surface area contributed by atoms with E-state index in [1.807, 2.05) is 30.3 Å². The molecule has 0 unspecified atom stereocenters. The van der Waals surface area contributed by atoms with Crippen LogP contribution in [0.3, 0.4) is 0 Å². The van der Waals surface area contributed by atoms with Gasteiger partial charge >= 0.3 is 0 Å². The average Bonchev–Trinajstić information content (AvgIpc) is 3.03. The number of hydrogen-bond acceptors (Lipinski definition) is 6. The number of nitrogens with one attached hydrogen (secondary N) is 1. The van der Waals surface area contributed by atoms with Gasteiger partial charge in [-0.15, -0.1) is 0 Å². The van der Waals surface area contributed by atoms with Gasteiger partial charge in [0.25, 0.3) is 17.5 Å². The molecule has 0 amide bonds. The molecule has 0 aliphatic rings. The van der Waals surface area contributed by atoms with E-state index in [1.165, 1.54) is 12.1 Å². The van der Waals surface area contributed by atoms with E-state index >= 15 is 0 Å². The van der Waals surface area contributed by atoms with E-state index in [-0.39, 0.29) is 5.69 Å². The Morgan fingerprint density at radius 3 is 2.50 bits per heavy atom. The van der Waals surface area contributed by atoms with Crippen LogP contribution in [0.2, 0.25) is 0 Å². The maximum Gasteiger partial charge on any atom is 0.269 e. The lowest BCUT2D eigenvalue weighted by molar-refractivity contribution is -0.384. The molecule has 0 aliphatic carbocycles. The van der Waals surface area contributed by atoms with Crippen LogP contribution in [0.5, 0.6) is 0 Å². The van der Waals surface area contributed by atoms with Crippen LogP contribution in [0, 0.1) is 10.1 Å². The molecule has 0 saturated heterocycles. The van der Waals surface area contributed by atoms with Gasteiger partial charge in [-0.25, -0.2) is 0 Å². The van der Waals surface area contributed by atoms with Crippen molar-refractivity contribution in [3.8, 4) is 11.5 Å². The summed E-state index contributed by atoms with van der Waals surface area (Å²) in [7, 11) is 0. The molecule has 0 aliphatic heterocycles. The molecule has 0 radical (unpaired) electrons. The van der Waals surface area contributed by atoms with E-state index in [1.54, 1.807) is 12.1 Å². The third-order valence-corrected chi connectivity index (χ3v) is 3.04. The van der Waals surface area contributed by atoms with E-state index in [0.29, 0.717) is 18.4 Å². The van der Waals surface area contributed by atoms with Gasteiger partial charge in [0.05, 0.1) is 4.92 Å². The Morgan fingerprint density at radius 2 is 1.82 bits per heavy atom. The van der Waals surface area contributed by atoms with Gasteiger partial charge in [0, 0.05) is 24.2 Å². The number of non-ortho nitro benzene ring substituents is 1. The molecule has 7 heteroatoms. The van der Waals surface area contributed by atoms with Gasteiger partial charge in [0.2, 0.25) is 0 Å². The summed E-state index contributed by atoms with van der Waals surface area (Å²) < 4.78 is 5.18. The second-order valence-corrected chi connectivity index (χ2v) is 4.57. The van der Waals surface area contributed by atoms with Crippen molar-refractivity contribution in [3.63, 3.8) is 0 Å². The summed E-state index contributed by atoms with van der Waals surface area (Å²) in [6, 6.07) is 15.7. The maximum atomic E-state index is 10.6. The summed E-state index contributed by atoms with van der Waals surface area (Å²) in [4.78, 5) is 14.4. The topological polar surface area (TPSA) is 94.1 Å². The van der Waals surface area contributed by atoms with Crippen molar-refractivity contribution in [2.45, 2.75) is 6.54 Å². The number of benzene rings is 2. The highest BCUT2D eigenvalue weighted by molar-refractivity contribution is 5.53. The highest BCUT2D eigenvalue weighted by atomic mass is 16.6. The zero-order chi connectivity index (χ0) is 15.4. The van der Waals surface area contributed by atoms with Crippen LogP contribution in [0.25, 0.3) is 11.5 Å². The molecule has 0 spiro atoms. The number of rotatable bonds is 5. The predicted molar refractivity (Wildman–Crippen MR) is 80.2 cm³/mol. The van der Waals surface area contributed by atoms with E-state index < -0.39 is 4.92 Å². The lowest BCUT2D eigenvalue weighted by Crippen LogP contribution is -2.01. The van der Waals surface area contributed by atoms with E-state index in [9.17, 15) is 10.1 Å². The number of nitro groups is 1. The first-order valence-electron chi connectivity index (χ1n) is 6.59. The summed E-state index contributed by atoms with van der Waals surface area (Å²) in [5.74, 6) is 0.809. The molecular weight excluding hydrogens is 284 g/mol. The van der Waals surface area contributed by atoms with Crippen molar-refractivity contribution in [1.29, 1.82) is 0 Å². The molecule has 1 heterocycles. The van der Waals surface area contributed by atoms with Crippen LogP contribution in [-0.4, -0.2) is 15.1 Å². The number of nitrogens with zero attached hydrogens (tertiary/aromatic N) is 3. The Hall–Kier alpha value is -3.22. The van der Waals surface area contributed by atoms with Crippen LogP contribution in [0.15, 0.2) is 59.1 Å². The fourth-order valence-corrected chi connectivity index (χ4v) is 1.91. The third kappa shape index (κ3) is 3.09. The quantitative estimate of drug-likeness (QED) is 0.573.